The fraction of sp³-hybridized carbons (Fsp3) is 0.288. The van der Waals surface area contributed by atoms with Crippen LogP contribution in [0, 0.1) is 18.8 Å². The Morgan fingerprint density at radius 1 is 0.707 bits per heavy atom. The van der Waals surface area contributed by atoms with Crippen LogP contribution in [0.2, 0.25) is 0 Å². The number of hydrogen-bond acceptors (Lipinski definition) is 18. The quantitative estimate of drug-likeness (QED) is 0.0280. The number of carbonyl (C=O) groups is 3. The minimum absolute atomic E-state index is 0.00919. The SMILES string of the molecule is COC(=O)C(Cc1ccc(OCC(COC(C)=O)COS(=O)(=O)c2ccc(C)cc2)cc1)NC(=O)[C@H](C(C)C)n1cc(COc2ccc3nc(S(=O)(=O)NC(c4ccccc4)(c4ccc(OC)cc4)c4ccc(OC)cc4)sc3c2)nn1. The van der Waals surface area contributed by atoms with Crippen LogP contribution in [0.15, 0.2) is 161 Å². The average molecular weight is 1180 g/mol. The molecule has 2 aromatic heterocycles. The van der Waals surface area contributed by atoms with Gasteiger partial charge in [0.1, 0.15) is 52.9 Å². The maximum absolute atomic E-state index is 14.7. The van der Waals surface area contributed by atoms with Crippen LogP contribution >= 0.6 is 11.3 Å². The molecule has 8 aromatic rings. The van der Waals surface area contributed by atoms with E-state index < -0.39 is 61.5 Å². The molecule has 82 heavy (non-hydrogen) atoms. The van der Waals surface area contributed by atoms with E-state index in [4.69, 9.17) is 32.6 Å². The van der Waals surface area contributed by atoms with Crippen LogP contribution < -0.4 is 29.0 Å². The Kier molecular flexibility index (Phi) is 19.4. The minimum Gasteiger partial charge on any atom is -0.497 e. The number of ether oxygens (including phenoxy) is 6. The van der Waals surface area contributed by atoms with Gasteiger partial charge in [-0.15, -0.1) is 16.4 Å². The third-order valence-corrected chi connectivity index (χ3v) is 17.3. The summed E-state index contributed by atoms with van der Waals surface area (Å²) in [5.41, 5.74) is 2.84. The van der Waals surface area contributed by atoms with Gasteiger partial charge in [-0.1, -0.05) is 103 Å². The van der Waals surface area contributed by atoms with Gasteiger partial charge in [0.15, 0.2) is 0 Å². The third-order valence-electron chi connectivity index (χ3n) is 13.2. The van der Waals surface area contributed by atoms with Gasteiger partial charge in [0.05, 0.1) is 68.4 Å². The molecule has 0 aliphatic carbocycles. The molecule has 2 unspecified atom stereocenters. The summed E-state index contributed by atoms with van der Waals surface area (Å²) in [4.78, 5) is 43.3. The second kappa shape index (κ2) is 26.6. The number of fused-ring (bicyclic) bond motifs is 1. The summed E-state index contributed by atoms with van der Waals surface area (Å²) in [7, 11) is -4.10. The van der Waals surface area contributed by atoms with Crippen LogP contribution in [0.3, 0.4) is 0 Å². The Balaban J connectivity index is 0.915. The normalized spacial score (nSPS) is 13.0. The molecule has 0 fully saturated rings. The van der Waals surface area contributed by atoms with Crippen LogP contribution in [0.1, 0.15) is 60.3 Å². The Morgan fingerprint density at radius 2 is 1.32 bits per heavy atom. The first kappa shape index (κ1) is 59.9. The fourth-order valence-corrected chi connectivity index (χ4v) is 12.5. The van der Waals surface area contributed by atoms with Crippen molar-refractivity contribution in [2.45, 2.75) is 67.6 Å². The lowest BCUT2D eigenvalue weighted by Crippen LogP contribution is -2.47. The number of esters is 2. The van der Waals surface area contributed by atoms with Gasteiger partial charge >= 0.3 is 11.9 Å². The summed E-state index contributed by atoms with van der Waals surface area (Å²) in [6.07, 6.45) is 1.63. The number of benzene rings is 6. The Labute approximate surface area is 479 Å². The maximum Gasteiger partial charge on any atom is 0.328 e. The summed E-state index contributed by atoms with van der Waals surface area (Å²) in [6.45, 7) is 6.14. The smallest absolute Gasteiger partial charge is 0.328 e. The van der Waals surface area contributed by atoms with Crippen LogP contribution in [0.25, 0.3) is 10.2 Å². The minimum atomic E-state index is -4.35. The molecule has 0 saturated carbocycles. The highest BCUT2D eigenvalue weighted by Crippen LogP contribution is 2.41. The zero-order valence-electron chi connectivity index (χ0n) is 46.0. The number of nitrogens with one attached hydrogen (secondary N) is 2. The monoisotopic (exact) mass is 1170 g/mol. The van der Waals surface area contributed by atoms with Gasteiger partial charge in [-0.2, -0.15) is 13.1 Å². The standard InChI is InChI=1S/C59H62N6O14S3/c1-38(2)55(56(67)60-53(57(68)75-7)31-41-15-21-49(22-16-41)77-35-42(34-76-40(4)66)36-79-82(71,72)51-28-13-39(3)14-29-51)65-33-46(62-64-65)37-78-50-27-30-52-54(32-50)80-58(61-52)81(69,70)63-59(43-11-9-8-10-12-43,44-17-23-47(73-5)24-18-44)45-19-25-48(74-6)26-20-45/h8-30,32-33,38,42,53,55,63H,31,34-37H2,1-7H3,(H,60,67)/t42?,53?,55-/m0/s1. The first-order chi connectivity index (χ1) is 39.3. The molecule has 1 amide bonds. The summed E-state index contributed by atoms with van der Waals surface area (Å²) < 4.78 is 98.5. The highest BCUT2D eigenvalue weighted by molar-refractivity contribution is 7.91. The van der Waals surface area contributed by atoms with Crippen LogP contribution in [-0.4, -0.2) is 102 Å². The molecule has 2 heterocycles. The molecule has 2 N–H and O–H groups in total. The van der Waals surface area contributed by atoms with Gasteiger partial charge in [0.25, 0.3) is 20.1 Å². The molecule has 0 saturated heterocycles. The van der Waals surface area contributed by atoms with Gasteiger partial charge in [-0.05, 0) is 102 Å². The van der Waals surface area contributed by atoms with Crippen molar-refractivity contribution in [3.8, 4) is 23.0 Å². The topological polar surface area (TPSA) is 252 Å². The maximum atomic E-state index is 14.7. The van der Waals surface area contributed by atoms with Gasteiger partial charge in [0.2, 0.25) is 10.2 Å². The molecule has 0 aliphatic rings. The molecular weight excluding hydrogens is 1110 g/mol. The predicted octanol–water partition coefficient (Wildman–Crippen LogP) is 8.12. The number of thiazole rings is 1. The van der Waals surface area contributed by atoms with E-state index in [1.165, 1.54) is 30.8 Å². The number of nitrogens with zero attached hydrogens (tertiary/aromatic N) is 4. The van der Waals surface area contributed by atoms with E-state index in [-0.39, 0.29) is 48.0 Å². The molecule has 20 nitrogen and oxygen atoms in total. The van der Waals surface area contributed by atoms with Gasteiger partial charge in [-0.3, -0.25) is 13.8 Å². The number of carbonyl (C=O) groups excluding carboxylic acids is 3. The zero-order valence-corrected chi connectivity index (χ0v) is 48.5. The number of amides is 1. The highest BCUT2D eigenvalue weighted by atomic mass is 32.2. The van der Waals surface area contributed by atoms with Crippen molar-refractivity contribution in [1.29, 1.82) is 0 Å². The van der Waals surface area contributed by atoms with Gasteiger partial charge in [-0.25, -0.2) is 22.9 Å². The van der Waals surface area contributed by atoms with E-state index in [1.807, 2.05) is 75.4 Å². The lowest BCUT2D eigenvalue weighted by atomic mass is 9.78. The van der Waals surface area contributed by atoms with E-state index in [9.17, 15) is 31.2 Å². The van der Waals surface area contributed by atoms with E-state index in [2.05, 4.69) is 25.3 Å². The lowest BCUT2D eigenvalue weighted by molar-refractivity contribution is -0.145. The van der Waals surface area contributed by atoms with Crippen molar-refractivity contribution < 1.29 is 63.8 Å². The lowest BCUT2D eigenvalue weighted by Gasteiger charge is -2.36. The van der Waals surface area contributed by atoms with E-state index in [1.54, 1.807) is 99.3 Å². The van der Waals surface area contributed by atoms with Crippen molar-refractivity contribution in [2.24, 2.45) is 11.8 Å². The molecule has 3 atom stereocenters. The summed E-state index contributed by atoms with van der Waals surface area (Å²) >= 11 is 0.980. The van der Waals surface area contributed by atoms with Crippen molar-refractivity contribution in [3.63, 3.8) is 0 Å². The predicted molar refractivity (Wildman–Crippen MR) is 305 cm³/mol. The molecule has 6 aromatic carbocycles. The van der Waals surface area contributed by atoms with Crippen molar-refractivity contribution >= 4 is 59.5 Å². The number of sulfonamides is 1. The largest absolute Gasteiger partial charge is 0.497 e. The number of rotatable bonds is 27. The highest BCUT2D eigenvalue weighted by Gasteiger charge is 2.42. The van der Waals surface area contributed by atoms with Crippen molar-refractivity contribution in [1.82, 2.24) is 30.0 Å². The number of aryl methyl sites for hydroxylation is 1. The molecule has 23 heteroatoms. The zero-order chi connectivity index (χ0) is 58.6. The van der Waals surface area contributed by atoms with E-state index >= 15 is 0 Å². The van der Waals surface area contributed by atoms with E-state index in [0.29, 0.717) is 61.2 Å². The Hall–Kier alpha value is -8.22. The number of methoxy groups -OCH3 is 3. The Bertz CT molecular complexity index is 3640. The molecule has 0 bridgehead atoms. The molecule has 430 valence electrons. The van der Waals surface area contributed by atoms with Crippen LogP contribution in [0.4, 0.5) is 0 Å². The first-order valence-electron chi connectivity index (χ1n) is 25.8. The molecular formula is C59H62N6O14S3. The van der Waals surface area contributed by atoms with Crippen molar-refractivity contribution in [3.05, 3.63) is 185 Å². The average Bonchev–Trinajstić information content (AvgIpc) is 4.28. The van der Waals surface area contributed by atoms with Gasteiger partial charge in [0, 0.05) is 13.3 Å². The van der Waals surface area contributed by atoms with E-state index in [0.717, 1.165) is 16.9 Å². The fourth-order valence-electron chi connectivity index (χ4n) is 8.88. The number of hydrogen-bond donors (Lipinski definition) is 2. The Morgan fingerprint density at radius 3 is 1.91 bits per heavy atom. The first-order valence-corrected chi connectivity index (χ1v) is 29.5. The summed E-state index contributed by atoms with van der Waals surface area (Å²) in [6, 6.07) is 39.6. The molecule has 0 radical (unpaired) electrons. The summed E-state index contributed by atoms with van der Waals surface area (Å²) in [5, 5.41) is 11.4. The van der Waals surface area contributed by atoms with Gasteiger partial charge < -0.3 is 33.7 Å². The number of aromatic nitrogens is 4. The third kappa shape index (κ3) is 14.6. The molecule has 0 spiro atoms. The molecule has 8 rings (SSSR count). The molecule has 0 aliphatic heterocycles. The van der Waals surface area contributed by atoms with Crippen LogP contribution in [-0.2, 0) is 66.7 Å². The second-order valence-electron chi connectivity index (χ2n) is 19.4. The van der Waals surface area contributed by atoms with Crippen LogP contribution in [0.5, 0.6) is 23.0 Å². The van der Waals surface area contributed by atoms with Crippen molar-refractivity contribution in [2.75, 3.05) is 41.2 Å². The summed E-state index contributed by atoms with van der Waals surface area (Å²) in [5.74, 6) is -0.712. The second-order valence-corrected chi connectivity index (χ2v) is 23.9.